The van der Waals surface area contributed by atoms with Crippen molar-refractivity contribution in [2.24, 2.45) is 11.8 Å². The molecule has 10 atom stereocenters. The molecule has 11 nitrogen and oxygen atoms in total. The number of nitrogens with zero attached hydrogens (tertiary/aromatic N) is 2. The van der Waals surface area contributed by atoms with Gasteiger partial charge in [0.15, 0.2) is 0 Å². The molecule has 0 aromatic rings. The second-order valence-electron chi connectivity index (χ2n) is 14.2. The Bertz CT molecular complexity index is 1060. The monoisotopic (exact) mass is 666 g/mol. The maximum atomic E-state index is 12.9. The van der Waals surface area contributed by atoms with Crippen molar-refractivity contribution < 1.29 is 43.9 Å². The minimum atomic E-state index is -1.12. The lowest BCUT2D eigenvalue weighted by molar-refractivity contribution is -0.225. The van der Waals surface area contributed by atoms with Crippen LogP contribution in [0.3, 0.4) is 0 Å². The maximum Gasteiger partial charge on any atom is 0.309 e. The molecule has 3 aliphatic rings. The van der Waals surface area contributed by atoms with Crippen molar-refractivity contribution in [2.75, 3.05) is 53.6 Å². The number of ether oxygens (including phenoxy) is 4. The highest BCUT2D eigenvalue weighted by atomic mass is 16.7. The van der Waals surface area contributed by atoms with Crippen molar-refractivity contribution in [3.05, 3.63) is 36.0 Å². The summed E-state index contributed by atoms with van der Waals surface area (Å²) in [6, 6.07) is 0. The standard InChI is InChI=1S/C36H62N2O9/c1-9-29(40)27(4)34-30(45-34)24-35(5,42)15-10-11-25(2)33-26(3)12-13-31(47-37(7)17-18-38-19-21-44-22-20-38)36(6,43-8)16-14-28(39)23-32(41)46-33/h10-13,15,26-31,33-34,39-40,42H,9,14,16-24H2,1-8H3/b13-12+,15-10+,25-11+. The van der Waals surface area contributed by atoms with E-state index in [9.17, 15) is 20.1 Å². The Hall–Kier alpha value is -1.67. The number of carbonyl (C=O) groups excluding carboxylic acids is 1. The minimum absolute atomic E-state index is 0.0120. The molecule has 0 spiro atoms. The molecule has 0 aromatic carbocycles. The van der Waals surface area contributed by atoms with Gasteiger partial charge in [-0.25, -0.2) is 0 Å². The van der Waals surface area contributed by atoms with Crippen molar-refractivity contribution >= 4 is 5.97 Å². The molecule has 3 heterocycles. The summed E-state index contributed by atoms with van der Waals surface area (Å²) in [6.45, 7) is 16.4. The second kappa shape index (κ2) is 18.4. The number of aliphatic hydroxyl groups excluding tert-OH is 2. The van der Waals surface area contributed by atoms with Gasteiger partial charge < -0.3 is 34.3 Å². The van der Waals surface area contributed by atoms with Crippen molar-refractivity contribution in [3.8, 4) is 0 Å². The van der Waals surface area contributed by atoms with Gasteiger partial charge in [0, 0.05) is 58.6 Å². The van der Waals surface area contributed by atoms with E-state index in [0.717, 1.165) is 38.4 Å². The van der Waals surface area contributed by atoms with Gasteiger partial charge in [-0.2, -0.15) is 5.06 Å². The van der Waals surface area contributed by atoms with Crippen LogP contribution in [0.1, 0.15) is 73.6 Å². The van der Waals surface area contributed by atoms with Gasteiger partial charge in [0.25, 0.3) is 0 Å². The average molecular weight is 667 g/mol. The number of likely N-dealkylation sites (N-methyl/N-ethyl adjacent to an activating group) is 1. The van der Waals surface area contributed by atoms with Gasteiger partial charge in [-0.1, -0.05) is 51.2 Å². The third-order valence-electron chi connectivity index (χ3n) is 9.94. The molecule has 270 valence electrons. The first-order valence-electron chi connectivity index (χ1n) is 17.4. The predicted octanol–water partition coefficient (Wildman–Crippen LogP) is 3.42. The molecule has 0 radical (unpaired) electrons. The zero-order valence-corrected chi connectivity index (χ0v) is 30.0. The molecule has 0 amide bonds. The molecule has 11 heteroatoms. The molecule has 3 aliphatic heterocycles. The molecule has 0 bridgehead atoms. The molecule has 47 heavy (non-hydrogen) atoms. The van der Waals surface area contributed by atoms with E-state index in [1.165, 1.54) is 0 Å². The number of esters is 1. The molecular weight excluding hydrogens is 604 g/mol. The van der Waals surface area contributed by atoms with Gasteiger partial charge in [0.2, 0.25) is 0 Å². The van der Waals surface area contributed by atoms with E-state index >= 15 is 0 Å². The van der Waals surface area contributed by atoms with Crippen LogP contribution in [0.5, 0.6) is 0 Å². The normalized spacial score (nSPS) is 35.1. The second-order valence-corrected chi connectivity index (χ2v) is 14.2. The number of hydrogen-bond acceptors (Lipinski definition) is 11. The largest absolute Gasteiger partial charge is 0.457 e. The van der Waals surface area contributed by atoms with E-state index in [4.69, 9.17) is 23.8 Å². The highest BCUT2D eigenvalue weighted by Crippen LogP contribution is 2.37. The molecule has 2 saturated heterocycles. The number of hydroxylamine groups is 2. The number of epoxide rings is 1. The van der Waals surface area contributed by atoms with Gasteiger partial charge in [-0.3, -0.25) is 14.5 Å². The third kappa shape index (κ3) is 12.6. The maximum absolute atomic E-state index is 12.9. The molecule has 3 rings (SSSR count). The Labute approximate surface area is 282 Å². The van der Waals surface area contributed by atoms with Gasteiger partial charge in [0.1, 0.15) is 12.2 Å². The molecule has 0 aliphatic carbocycles. The van der Waals surface area contributed by atoms with Crippen LogP contribution in [0.15, 0.2) is 36.0 Å². The number of aliphatic hydroxyl groups is 3. The van der Waals surface area contributed by atoms with Gasteiger partial charge >= 0.3 is 5.97 Å². The summed E-state index contributed by atoms with van der Waals surface area (Å²) in [6.07, 6.45) is 8.59. The summed E-state index contributed by atoms with van der Waals surface area (Å²) in [7, 11) is 3.57. The van der Waals surface area contributed by atoms with Crippen LogP contribution >= 0.6 is 0 Å². The molecule has 3 N–H and O–H groups in total. The molecule has 10 unspecified atom stereocenters. The Balaban J connectivity index is 1.73. The predicted molar refractivity (Wildman–Crippen MR) is 180 cm³/mol. The number of hydrogen-bond donors (Lipinski definition) is 3. The smallest absolute Gasteiger partial charge is 0.309 e. The van der Waals surface area contributed by atoms with Crippen LogP contribution in [0, 0.1) is 11.8 Å². The van der Waals surface area contributed by atoms with Gasteiger partial charge in [0.05, 0.1) is 55.3 Å². The van der Waals surface area contributed by atoms with Crippen LogP contribution < -0.4 is 0 Å². The number of rotatable bonds is 14. The highest BCUT2D eigenvalue weighted by molar-refractivity contribution is 5.70. The van der Waals surface area contributed by atoms with E-state index in [-0.39, 0.29) is 30.5 Å². The van der Waals surface area contributed by atoms with E-state index in [0.29, 0.717) is 32.2 Å². The summed E-state index contributed by atoms with van der Waals surface area (Å²) in [5.74, 6) is -0.682. The lowest BCUT2D eigenvalue weighted by Crippen LogP contribution is -2.47. The fourth-order valence-corrected chi connectivity index (χ4v) is 6.35. The molecule has 0 aromatic heterocycles. The number of carbonyl (C=O) groups is 1. The van der Waals surface area contributed by atoms with Gasteiger partial charge in [-0.15, -0.1) is 0 Å². The lowest BCUT2D eigenvalue weighted by Gasteiger charge is -2.38. The minimum Gasteiger partial charge on any atom is -0.457 e. The van der Waals surface area contributed by atoms with E-state index in [2.05, 4.69) is 4.90 Å². The van der Waals surface area contributed by atoms with Crippen LogP contribution in [0.4, 0.5) is 0 Å². The van der Waals surface area contributed by atoms with Crippen molar-refractivity contribution in [2.45, 2.75) is 121 Å². The van der Waals surface area contributed by atoms with Crippen LogP contribution in [-0.2, 0) is 28.6 Å². The van der Waals surface area contributed by atoms with Crippen molar-refractivity contribution in [1.29, 1.82) is 0 Å². The number of methoxy groups -OCH3 is 1. The topological polar surface area (TPSA) is 134 Å². The molecule has 2 fully saturated rings. The number of cyclic esters (lactones) is 1. The fraction of sp³-hybridized carbons (Fsp3) is 0.806. The van der Waals surface area contributed by atoms with E-state index in [1.54, 1.807) is 26.2 Å². The molecule has 0 saturated carbocycles. The van der Waals surface area contributed by atoms with E-state index < -0.39 is 41.6 Å². The Kier molecular flexibility index (Phi) is 15.5. The fourth-order valence-electron chi connectivity index (χ4n) is 6.35. The summed E-state index contributed by atoms with van der Waals surface area (Å²) >= 11 is 0. The van der Waals surface area contributed by atoms with Gasteiger partial charge in [-0.05, 0) is 45.6 Å². The number of morpholine rings is 1. The van der Waals surface area contributed by atoms with E-state index in [1.807, 2.05) is 65.0 Å². The highest BCUT2D eigenvalue weighted by Gasteiger charge is 2.47. The number of allylic oxidation sites excluding steroid dienone is 2. The average Bonchev–Trinajstić information content (AvgIpc) is 3.80. The quantitative estimate of drug-likeness (QED) is 0.0828. The Morgan fingerprint density at radius 3 is 2.66 bits per heavy atom. The zero-order chi connectivity index (χ0) is 34.8. The Morgan fingerprint density at radius 1 is 1.30 bits per heavy atom. The first-order chi connectivity index (χ1) is 22.2. The summed E-state index contributed by atoms with van der Waals surface area (Å²) in [5.41, 5.74) is -1.07. The van der Waals surface area contributed by atoms with Crippen LogP contribution in [0.2, 0.25) is 0 Å². The molecular formula is C36H62N2O9. The summed E-state index contributed by atoms with van der Waals surface area (Å²) in [4.78, 5) is 21.8. The lowest BCUT2D eigenvalue weighted by atomic mass is 9.88. The zero-order valence-electron chi connectivity index (χ0n) is 30.0. The van der Waals surface area contributed by atoms with Crippen molar-refractivity contribution in [1.82, 2.24) is 9.96 Å². The first-order valence-corrected chi connectivity index (χ1v) is 17.4. The first kappa shape index (κ1) is 39.8. The van der Waals surface area contributed by atoms with Crippen LogP contribution in [-0.4, -0.2) is 133 Å². The summed E-state index contributed by atoms with van der Waals surface area (Å²) in [5, 5.41) is 33.8. The summed E-state index contributed by atoms with van der Waals surface area (Å²) < 4.78 is 23.2. The van der Waals surface area contributed by atoms with Crippen LogP contribution in [0.25, 0.3) is 0 Å². The Morgan fingerprint density at radius 2 is 2.00 bits per heavy atom. The SMILES string of the molecule is CCC(O)C(C)C1OC1CC(C)(O)/C=C/C=C(\C)C1OC(=O)CC(O)CCC(C)(OC)C(ON(C)CCN2CCOCC2)/C=C/C1C. The third-order valence-corrected chi connectivity index (χ3v) is 9.94. The van der Waals surface area contributed by atoms with Crippen molar-refractivity contribution in [3.63, 3.8) is 0 Å².